The Labute approximate surface area is 121 Å². The van der Waals surface area contributed by atoms with Crippen LogP contribution in [0.3, 0.4) is 0 Å². The minimum atomic E-state index is 0.796. The Kier molecular flexibility index (Phi) is 3.52. The van der Waals surface area contributed by atoms with Gasteiger partial charge in [0.1, 0.15) is 5.75 Å². The van der Waals surface area contributed by atoms with E-state index in [1.165, 1.54) is 10.3 Å². The van der Waals surface area contributed by atoms with Gasteiger partial charge in [0.2, 0.25) is 0 Å². The second-order valence-corrected chi connectivity index (χ2v) is 5.56. The molecule has 3 rings (SSSR count). The number of methoxy groups -OCH3 is 1. The summed E-state index contributed by atoms with van der Waals surface area (Å²) in [5.74, 6) is 0.837. The summed E-state index contributed by atoms with van der Waals surface area (Å²) in [6.07, 6.45) is 3.67. The minimum Gasteiger partial charge on any atom is -0.497 e. The van der Waals surface area contributed by atoms with Gasteiger partial charge in [-0.1, -0.05) is 17.4 Å². The summed E-state index contributed by atoms with van der Waals surface area (Å²) in [6.45, 7) is 0.796. The van der Waals surface area contributed by atoms with Crippen molar-refractivity contribution in [1.29, 1.82) is 0 Å². The van der Waals surface area contributed by atoms with Crippen molar-refractivity contribution >= 4 is 26.7 Å². The van der Waals surface area contributed by atoms with Crippen molar-refractivity contribution in [2.45, 2.75) is 6.54 Å². The van der Waals surface area contributed by atoms with Gasteiger partial charge in [0.05, 0.1) is 17.3 Å². The molecule has 20 heavy (non-hydrogen) atoms. The van der Waals surface area contributed by atoms with E-state index in [1.807, 2.05) is 37.5 Å². The monoisotopic (exact) mass is 285 g/mol. The highest BCUT2D eigenvalue weighted by Crippen LogP contribution is 2.31. The second-order valence-electron chi connectivity index (χ2n) is 4.55. The van der Waals surface area contributed by atoms with Gasteiger partial charge in [-0.2, -0.15) is 0 Å². The highest BCUT2D eigenvalue weighted by Gasteiger charge is 2.09. The third kappa shape index (κ3) is 2.58. The number of aromatic nitrogens is 2. The quantitative estimate of drug-likeness (QED) is 0.737. The molecule has 4 nitrogen and oxygen atoms in total. The van der Waals surface area contributed by atoms with Crippen LogP contribution >= 0.6 is 11.3 Å². The van der Waals surface area contributed by atoms with Crippen molar-refractivity contribution in [1.82, 2.24) is 9.97 Å². The van der Waals surface area contributed by atoms with Crippen LogP contribution in [0.1, 0.15) is 5.56 Å². The van der Waals surface area contributed by atoms with Gasteiger partial charge in [-0.3, -0.25) is 4.98 Å². The van der Waals surface area contributed by atoms with Crippen LogP contribution in [0.15, 0.2) is 42.7 Å². The molecule has 5 heteroatoms. The van der Waals surface area contributed by atoms with E-state index in [0.717, 1.165) is 22.9 Å². The molecular formula is C15H15N3OS. The van der Waals surface area contributed by atoms with Crippen molar-refractivity contribution in [2.75, 3.05) is 19.1 Å². The standard InChI is InChI=1S/C15H15N3OS/c1-18(10-11-4-3-7-16-9-11)15-17-13-8-12(19-2)5-6-14(13)20-15/h3-9H,10H2,1-2H3. The molecule has 102 valence electrons. The number of rotatable bonds is 4. The molecule has 2 aromatic heterocycles. The zero-order valence-electron chi connectivity index (χ0n) is 11.4. The number of ether oxygens (including phenoxy) is 1. The van der Waals surface area contributed by atoms with Gasteiger partial charge in [0, 0.05) is 32.1 Å². The lowest BCUT2D eigenvalue weighted by Gasteiger charge is -2.14. The molecule has 0 atom stereocenters. The molecule has 0 spiro atoms. The molecule has 0 aliphatic rings. The van der Waals surface area contributed by atoms with E-state index in [-0.39, 0.29) is 0 Å². The number of benzene rings is 1. The van der Waals surface area contributed by atoms with Crippen LogP contribution in [-0.4, -0.2) is 24.1 Å². The number of hydrogen-bond acceptors (Lipinski definition) is 5. The van der Waals surface area contributed by atoms with Gasteiger partial charge in [-0.05, 0) is 23.8 Å². The van der Waals surface area contributed by atoms with Crippen LogP contribution in [0.4, 0.5) is 5.13 Å². The average Bonchev–Trinajstić information content (AvgIpc) is 2.91. The predicted molar refractivity (Wildman–Crippen MR) is 82.5 cm³/mol. The summed E-state index contributed by atoms with van der Waals surface area (Å²) in [4.78, 5) is 10.9. The number of anilines is 1. The molecule has 0 saturated heterocycles. The number of nitrogens with zero attached hydrogens (tertiary/aromatic N) is 3. The summed E-state index contributed by atoms with van der Waals surface area (Å²) < 4.78 is 6.40. The maximum atomic E-state index is 5.23. The fraction of sp³-hybridized carbons (Fsp3) is 0.200. The first-order chi connectivity index (χ1) is 9.76. The van der Waals surface area contributed by atoms with Crippen LogP contribution < -0.4 is 9.64 Å². The molecule has 0 fully saturated rings. The van der Waals surface area contributed by atoms with Gasteiger partial charge in [-0.25, -0.2) is 4.98 Å². The van der Waals surface area contributed by atoms with Crippen molar-refractivity contribution < 1.29 is 4.74 Å². The third-order valence-electron chi connectivity index (χ3n) is 3.05. The molecule has 3 aromatic rings. The summed E-state index contributed by atoms with van der Waals surface area (Å²) in [5.41, 5.74) is 2.15. The summed E-state index contributed by atoms with van der Waals surface area (Å²) in [7, 11) is 3.71. The average molecular weight is 285 g/mol. The molecule has 0 saturated carbocycles. The van der Waals surface area contributed by atoms with Gasteiger partial charge in [0.25, 0.3) is 0 Å². The Bertz CT molecular complexity index is 711. The first kappa shape index (κ1) is 12.9. The highest BCUT2D eigenvalue weighted by molar-refractivity contribution is 7.22. The normalized spacial score (nSPS) is 10.7. The molecule has 0 N–H and O–H groups in total. The van der Waals surface area contributed by atoms with Crippen molar-refractivity contribution in [3.05, 3.63) is 48.3 Å². The SMILES string of the molecule is COc1ccc2sc(N(C)Cc3cccnc3)nc2c1. The molecule has 0 amide bonds. The third-order valence-corrected chi connectivity index (χ3v) is 4.20. The van der Waals surface area contributed by atoms with E-state index in [9.17, 15) is 0 Å². The van der Waals surface area contributed by atoms with Gasteiger partial charge in [0.15, 0.2) is 5.13 Å². The number of pyridine rings is 1. The largest absolute Gasteiger partial charge is 0.497 e. The first-order valence-electron chi connectivity index (χ1n) is 6.31. The molecule has 0 aliphatic heterocycles. The smallest absolute Gasteiger partial charge is 0.186 e. The summed E-state index contributed by atoms with van der Waals surface area (Å²) in [6, 6.07) is 10.00. The van der Waals surface area contributed by atoms with E-state index in [2.05, 4.69) is 20.9 Å². The fourth-order valence-corrected chi connectivity index (χ4v) is 2.92. The van der Waals surface area contributed by atoms with E-state index in [4.69, 9.17) is 4.74 Å². The van der Waals surface area contributed by atoms with E-state index in [1.54, 1.807) is 24.6 Å². The number of hydrogen-bond donors (Lipinski definition) is 0. The first-order valence-corrected chi connectivity index (χ1v) is 7.12. The van der Waals surface area contributed by atoms with E-state index in [0.29, 0.717) is 0 Å². The minimum absolute atomic E-state index is 0.796. The van der Waals surface area contributed by atoms with E-state index >= 15 is 0 Å². The lowest BCUT2D eigenvalue weighted by atomic mass is 10.3. The van der Waals surface area contributed by atoms with E-state index < -0.39 is 0 Å². The highest BCUT2D eigenvalue weighted by atomic mass is 32.1. The second kappa shape index (κ2) is 5.46. The maximum Gasteiger partial charge on any atom is 0.186 e. The Balaban J connectivity index is 1.86. The topological polar surface area (TPSA) is 38.2 Å². The summed E-state index contributed by atoms with van der Waals surface area (Å²) in [5, 5.41) is 0.997. The molecular weight excluding hydrogens is 270 g/mol. The van der Waals surface area contributed by atoms with Gasteiger partial charge < -0.3 is 9.64 Å². The number of fused-ring (bicyclic) bond motifs is 1. The van der Waals surface area contributed by atoms with Crippen molar-refractivity contribution in [3.63, 3.8) is 0 Å². The Morgan fingerprint density at radius 2 is 2.20 bits per heavy atom. The molecule has 1 aromatic carbocycles. The zero-order chi connectivity index (χ0) is 13.9. The summed E-state index contributed by atoms with van der Waals surface area (Å²) >= 11 is 1.68. The lowest BCUT2D eigenvalue weighted by Crippen LogP contribution is -2.15. The zero-order valence-corrected chi connectivity index (χ0v) is 12.2. The maximum absolute atomic E-state index is 5.23. The predicted octanol–water partition coefficient (Wildman–Crippen LogP) is 3.34. The number of thiazole rings is 1. The molecule has 0 bridgehead atoms. The lowest BCUT2D eigenvalue weighted by molar-refractivity contribution is 0.415. The fourth-order valence-electron chi connectivity index (χ4n) is 2.02. The molecule has 0 aliphatic carbocycles. The Morgan fingerprint density at radius 1 is 1.30 bits per heavy atom. The van der Waals surface area contributed by atoms with Crippen LogP contribution in [0.5, 0.6) is 5.75 Å². The van der Waals surface area contributed by atoms with Crippen molar-refractivity contribution in [2.24, 2.45) is 0 Å². The Morgan fingerprint density at radius 3 is 2.95 bits per heavy atom. The van der Waals surface area contributed by atoms with Gasteiger partial charge in [-0.15, -0.1) is 0 Å². The van der Waals surface area contributed by atoms with Crippen LogP contribution in [-0.2, 0) is 6.54 Å². The Hall–Kier alpha value is -2.14. The van der Waals surface area contributed by atoms with Crippen LogP contribution in [0.25, 0.3) is 10.2 Å². The molecule has 2 heterocycles. The van der Waals surface area contributed by atoms with Crippen LogP contribution in [0, 0.1) is 0 Å². The van der Waals surface area contributed by atoms with Crippen molar-refractivity contribution in [3.8, 4) is 5.75 Å². The van der Waals surface area contributed by atoms with Gasteiger partial charge >= 0.3 is 0 Å². The van der Waals surface area contributed by atoms with Crippen LogP contribution in [0.2, 0.25) is 0 Å². The molecule has 0 unspecified atom stereocenters. The molecule has 0 radical (unpaired) electrons.